The molecule has 0 aliphatic carbocycles. The van der Waals surface area contributed by atoms with Crippen LogP contribution in [0.15, 0.2) is 66.9 Å². The van der Waals surface area contributed by atoms with Gasteiger partial charge in [-0.25, -0.2) is 0 Å². The van der Waals surface area contributed by atoms with Crippen LogP contribution in [0.5, 0.6) is 0 Å². The maximum absolute atomic E-state index is 2.43. The molecule has 2 heteroatoms. The van der Waals surface area contributed by atoms with Gasteiger partial charge in [-0.2, -0.15) is 0 Å². The van der Waals surface area contributed by atoms with Crippen LogP contribution in [0.4, 0.5) is 5.69 Å². The highest BCUT2D eigenvalue weighted by atomic mass is 15.4. The van der Waals surface area contributed by atoms with E-state index in [4.69, 9.17) is 0 Å². The first kappa shape index (κ1) is 12.8. The van der Waals surface area contributed by atoms with E-state index in [1.807, 2.05) is 0 Å². The molecule has 1 heterocycles. The molecule has 1 aliphatic rings. The van der Waals surface area contributed by atoms with Crippen molar-refractivity contribution in [1.82, 2.24) is 4.90 Å². The van der Waals surface area contributed by atoms with Crippen LogP contribution < -0.4 is 4.90 Å². The average molecular weight is 264 g/mol. The van der Waals surface area contributed by atoms with Crippen molar-refractivity contribution >= 4 is 11.4 Å². The van der Waals surface area contributed by atoms with E-state index in [9.17, 15) is 0 Å². The monoisotopic (exact) mass is 264 g/mol. The zero-order valence-electron chi connectivity index (χ0n) is 12.0. The summed E-state index contributed by atoms with van der Waals surface area (Å²) < 4.78 is 0. The summed E-state index contributed by atoms with van der Waals surface area (Å²) in [6.07, 6.45) is 2.25. The largest absolute Gasteiger partial charge is 0.349 e. The molecule has 1 aliphatic heterocycles. The van der Waals surface area contributed by atoms with E-state index in [1.54, 1.807) is 0 Å². The lowest BCUT2D eigenvalue weighted by Gasteiger charge is -2.28. The van der Waals surface area contributed by atoms with Crippen molar-refractivity contribution in [2.24, 2.45) is 0 Å². The molecule has 102 valence electrons. The summed E-state index contributed by atoms with van der Waals surface area (Å²) >= 11 is 0. The Labute approximate surface area is 121 Å². The van der Waals surface area contributed by atoms with Crippen LogP contribution in [0.25, 0.3) is 5.70 Å². The minimum Gasteiger partial charge on any atom is -0.349 e. The Morgan fingerprint density at radius 1 is 0.850 bits per heavy atom. The van der Waals surface area contributed by atoms with Gasteiger partial charge in [-0.1, -0.05) is 48.5 Å². The standard InChI is InChI=1S/C18H20N2/c1-15(2)20-14-19(17-11-7-4-8-12-17)13-18(20)16-9-5-3-6-10-16/h3-13,15H,14H2,1-2H3. The molecule has 2 aromatic carbocycles. The molecule has 2 aromatic rings. The fourth-order valence-corrected chi connectivity index (χ4v) is 2.57. The SMILES string of the molecule is CC(C)N1CN(c2ccccc2)C=C1c1ccccc1. The van der Waals surface area contributed by atoms with Crippen molar-refractivity contribution in [1.29, 1.82) is 0 Å². The summed E-state index contributed by atoms with van der Waals surface area (Å²) in [5, 5.41) is 0. The molecular formula is C18H20N2. The quantitative estimate of drug-likeness (QED) is 0.821. The average Bonchev–Trinajstić information content (AvgIpc) is 2.94. The van der Waals surface area contributed by atoms with Crippen molar-refractivity contribution in [3.8, 4) is 0 Å². The normalized spacial score (nSPS) is 14.8. The summed E-state index contributed by atoms with van der Waals surface area (Å²) in [6, 6.07) is 21.6. The Hall–Kier alpha value is -2.22. The van der Waals surface area contributed by atoms with Gasteiger partial charge in [0.15, 0.2) is 0 Å². The fourth-order valence-electron chi connectivity index (χ4n) is 2.57. The number of rotatable bonds is 3. The zero-order valence-corrected chi connectivity index (χ0v) is 12.0. The van der Waals surface area contributed by atoms with E-state index in [-0.39, 0.29) is 0 Å². The number of para-hydroxylation sites is 1. The summed E-state index contributed by atoms with van der Waals surface area (Å²) in [5.74, 6) is 0. The fraction of sp³-hybridized carbons (Fsp3) is 0.222. The van der Waals surface area contributed by atoms with Crippen molar-refractivity contribution < 1.29 is 0 Å². The molecule has 0 saturated heterocycles. The van der Waals surface area contributed by atoms with Gasteiger partial charge in [-0.05, 0) is 31.5 Å². The van der Waals surface area contributed by atoms with Crippen LogP contribution in [0.2, 0.25) is 0 Å². The molecule has 0 N–H and O–H groups in total. The maximum atomic E-state index is 2.43. The minimum absolute atomic E-state index is 0.482. The topological polar surface area (TPSA) is 6.48 Å². The van der Waals surface area contributed by atoms with Gasteiger partial charge in [-0.15, -0.1) is 0 Å². The third-order valence-corrected chi connectivity index (χ3v) is 3.67. The predicted octanol–water partition coefficient (Wildman–Crippen LogP) is 4.17. The molecule has 2 nitrogen and oxygen atoms in total. The van der Waals surface area contributed by atoms with Crippen molar-refractivity contribution in [3.05, 3.63) is 72.4 Å². The van der Waals surface area contributed by atoms with E-state index < -0.39 is 0 Å². The predicted molar refractivity (Wildman–Crippen MR) is 85.2 cm³/mol. The third-order valence-electron chi connectivity index (χ3n) is 3.67. The first-order chi connectivity index (χ1) is 9.75. The van der Waals surface area contributed by atoms with Crippen LogP contribution >= 0.6 is 0 Å². The first-order valence-electron chi connectivity index (χ1n) is 7.11. The second-order valence-electron chi connectivity index (χ2n) is 5.39. The molecule has 0 saturated carbocycles. The van der Waals surface area contributed by atoms with Gasteiger partial charge < -0.3 is 9.80 Å². The van der Waals surface area contributed by atoms with Gasteiger partial charge in [0.1, 0.15) is 0 Å². The lowest BCUT2D eigenvalue weighted by atomic mass is 10.1. The molecule has 0 bridgehead atoms. The van der Waals surface area contributed by atoms with Gasteiger partial charge in [0.2, 0.25) is 0 Å². The number of hydrogen-bond donors (Lipinski definition) is 0. The first-order valence-corrected chi connectivity index (χ1v) is 7.11. The van der Waals surface area contributed by atoms with Gasteiger partial charge in [0.05, 0.1) is 12.4 Å². The molecule has 0 aromatic heterocycles. The molecule has 0 unspecified atom stereocenters. The van der Waals surface area contributed by atoms with Crippen LogP contribution in [-0.4, -0.2) is 17.6 Å². The number of hydrogen-bond acceptors (Lipinski definition) is 2. The van der Waals surface area contributed by atoms with E-state index in [1.165, 1.54) is 16.9 Å². The van der Waals surface area contributed by atoms with E-state index in [2.05, 4.69) is 90.5 Å². The summed E-state index contributed by atoms with van der Waals surface area (Å²) in [4.78, 5) is 4.74. The van der Waals surface area contributed by atoms with Crippen LogP contribution in [-0.2, 0) is 0 Å². The molecule has 0 amide bonds. The van der Waals surface area contributed by atoms with E-state index in [0.717, 1.165) is 6.67 Å². The summed E-state index contributed by atoms with van der Waals surface area (Å²) in [7, 11) is 0. The highest BCUT2D eigenvalue weighted by Crippen LogP contribution is 2.30. The number of nitrogens with zero attached hydrogens (tertiary/aromatic N) is 2. The van der Waals surface area contributed by atoms with E-state index >= 15 is 0 Å². The Morgan fingerprint density at radius 3 is 2.05 bits per heavy atom. The van der Waals surface area contributed by atoms with Crippen molar-refractivity contribution in [2.75, 3.05) is 11.6 Å². The van der Waals surface area contributed by atoms with Gasteiger partial charge in [0, 0.05) is 17.9 Å². The smallest absolute Gasteiger partial charge is 0.0949 e. The molecule has 3 rings (SSSR count). The second kappa shape index (κ2) is 5.41. The van der Waals surface area contributed by atoms with Crippen molar-refractivity contribution in [2.45, 2.75) is 19.9 Å². The minimum atomic E-state index is 0.482. The third kappa shape index (κ3) is 2.42. The maximum Gasteiger partial charge on any atom is 0.0949 e. The van der Waals surface area contributed by atoms with Crippen LogP contribution in [0, 0.1) is 0 Å². The Balaban J connectivity index is 1.96. The van der Waals surface area contributed by atoms with Crippen molar-refractivity contribution in [3.63, 3.8) is 0 Å². The molecular weight excluding hydrogens is 244 g/mol. The van der Waals surface area contributed by atoms with Crippen LogP contribution in [0.3, 0.4) is 0 Å². The van der Waals surface area contributed by atoms with Gasteiger partial charge in [0.25, 0.3) is 0 Å². The number of benzene rings is 2. The summed E-state index contributed by atoms with van der Waals surface area (Å²) in [5.41, 5.74) is 3.81. The molecule has 0 fully saturated rings. The highest BCUT2D eigenvalue weighted by molar-refractivity contribution is 5.71. The van der Waals surface area contributed by atoms with E-state index in [0.29, 0.717) is 6.04 Å². The molecule has 0 atom stereocenters. The molecule has 20 heavy (non-hydrogen) atoms. The molecule has 0 spiro atoms. The molecule has 0 radical (unpaired) electrons. The Morgan fingerprint density at radius 2 is 1.45 bits per heavy atom. The lowest BCUT2D eigenvalue weighted by molar-refractivity contribution is 0.353. The Bertz CT molecular complexity index is 587. The van der Waals surface area contributed by atoms with Gasteiger partial charge >= 0.3 is 0 Å². The Kier molecular flexibility index (Phi) is 3.46. The zero-order chi connectivity index (χ0) is 13.9. The lowest BCUT2D eigenvalue weighted by Crippen LogP contribution is -2.32. The summed E-state index contributed by atoms with van der Waals surface area (Å²) in [6.45, 7) is 5.39. The van der Waals surface area contributed by atoms with Crippen LogP contribution in [0.1, 0.15) is 19.4 Å². The second-order valence-corrected chi connectivity index (χ2v) is 5.39. The number of anilines is 1. The van der Waals surface area contributed by atoms with Gasteiger partial charge in [-0.3, -0.25) is 0 Å². The highest BCUT2D eigenvalue weighted by Gasteiger charge is 2.24.